The molecule has 1 aromatic carbocycles. The Morgan fingerprint density at radius 3 is 2.72 bits per heavy atom. The van der Waals surface area contributed by atoms with Gasteiger partial charge in [0.25, 0.3) is 11.8 Å². The lowest BCUT2D eigenvalue weighted by Crippen LogP contribution is -2.37. The van der Waals surface area contributed by atoms with Gasteiger partial charge in [0.2, 0.25) is 10.0 Å². The van der Waals surface area contributed by atoms with Crippen LogP contribution in [0.2, 0.25) is 0 Å². The summed E-state index contributed by atoms with van der Waals surface area (Å²) in [5, 5.41) is 2.72. The number of anilines is 1. The van der Waals surface area contributed by atoms with E-state index in [0.717, 1.165) is 0 Å². The van der Waals surface area contributed by atoms with Gasteiger partial charge in [0.15, 0.2) is 6.10 Å². The summed E-state index contributed by atoms with van der Waals surface area (Å²) < 4.78 is 30.2. The highest BCUT2D eigenvalue weighted by molar-refractivity contribution is 7.88. The molecule has 1 unspecified atom stereocenters. The van der Waals surface area contributed by atoms with Crippen LogP contribution in [0.15, 0.2) is 18.2 Å². The maximum Gasteiger partial charge on any atom is 0.265 e. The molecule has 2 heterocycles. The Balaban J connectivity index is 1.75. The van der Waals surface area contributed by atoms with E-state index in [1.807, 2.05) is 0 Å². The molecule has 0 aromatic heterocycles. The van der Waals surface area contributed by atoms with Crippen LogP contribution in [-0.2, 0) is 14.8 Å². The number of carbonyl (C=O) groups is 2. The van der Waals surface area contributed by atoms with Gasteiger partial charge in [-0.3, -0.25) is 9.59 Å². The van der Waals surface area contributed by atoms with E-state index in [1.165, 1.54) is 10.6 Å². The van der Waals surface area contributed by atoms with Crippen LogP contribution in [0, 0.1) is 0 Å². The zero-order valence-corrected chi connectivity index (χ0v) is 15.0. The Labute approximate surface area is 146 Å². The Morgan fingerprint density at radius 2 is 2.00 bits per heavy atom. The Bertz CT molecular complexity index is 808. The molecule has 25 heavy (non-hydrogen) atoms. The van der Waals surface area contributed by atoms with E-state index in [9.17, 15) is 18.0 Å². The van der Waals surface area contributed by atoms with Crippen molar-refractivity contribution in [3.63, 3.8) is 0 Å². The van der Waals surface area contributed by atoms with Gasteiger partial charge in [0, 0.05) is 31.7 Å². The standard InChI is InChI=1S/C16H21N3O5S/c1-11-15(20)17-13-10-12(4-5-14(13)24-11)16(21)18-6-3-7-19(9-8-18)25(2,22)23/h4-5,10-11H,3,6-9H2,1-2H3,(H,17,20). The summed E-state index contributed by atoms with van der Waals surface area (Å²) in [4.78, 5) is 26.1. The van der Waals surface area contributed by atoms with Crippen LogP contribution in [0.25, 0.3) is 0 Å². The molecule has 2 amide bonds. The van der Waals surface area contributed by atoms with Gasteiger partial charge in [-0.15, -0.1) is 0 Å². The van der Waals surface area contributed by atoms with Crippen molar-refractivity contribution in [2.75, 3.05) is 37.8 Å². The van der Waals surface area contributed by atoms with Gasteiger partial charge < -0.3 is 15.0 Å². The molecule has 0 saturated carbocycles. The third-order valence-electron chi connectivity index (χ3n) is 4.37. The van der Waals surface area contributed by atoms with Gasteiger partial charge in [-0.25, -0.2) is 12.7 Å². The van der Waals surface area contributed by atoms with E-state index in [4.69, 9.17) is 4.74 Å². The van der Waals surface area contributed by atoms with Crippen molar-refractivity contribution in [3.05, 3.63) is 23.8 Å². The molecule has 1 saturated heterocycles. The van der Waals surface area contributed by atoms with E-state index in [2.05, 4.69) is 5.32 Å². The van der Waals surface area contributed by atoms with Gasteiger partial charge >= 0.3 is 0 Å². The molecule has 1 fully saturated rings. The van der Waals surface area contributed by atoms with Gasteiger partial charge in [-0.2, -0.15) is 0 Å². The van der Waals surface area contributed by atoms with E-state index in [0.29, 0.717) is 43.1 Å². The average Bonchev–Trinajstić information content (AvgIpc) is 2.81. The van der Waals surface area contributed by atoms with Crippen LogP contribution in [0.5, 0.6) is 5.75 Å². The predicted molar refractivity (Wildman–Crippen MR) is 92.1 cm³/mol. The summed E-state index contributed by atoms with van der Waals surface area (Å²) in [5.41, 5.74) is 0.909. The van der Waals surface area contributed by atoms with E-state index in [1.54, 1.807) is 30.0 Å². The fraction of sp³-hybridized carbons (Fsp3) is 0.500. The first-order valence-electron chi connectivity index (χ1n) is 8.11. The number of nitrogens with one attached hydrogen (secondary N) is 1. The van der Waals surface area contributed by atoms with E-state index >= 15 is 0 Å². The number of fused-ring (bicyclic) bond motifs is 1. The second kappa shape index (κ2) is 6.64. The monoisotopic (exact) mass is 367 g/mol. The maximum absolute atomic E-state index is 12.7. The van der Waals surface area contributed by atoms with Crippen molar-refractivity contribution in [1.82, 2.24) is 9.21 Å². The van der Waals surface area contributed by atoms with Gasteiger partial charge in [0.05, 0.1) is 11.9 Å². The minimum atomic E-state index is -3.26. The molecule has 0 bridgehead atoms. The average molecular weight is 367 g/mol. The Kier molecular flexibility index (Phi) is 4.70. The SMILES string of the molecule is CC1Oc2ccc(C(=O)N3CCCN(S(C)(=O)=O)CC3)cc2NC1=O. The van der Waals surface area contributed by atoms with Crippen LogP contribution < -0.4 is 10.1 Å². The fourth-order valence-electron chi connectivity index (χ4n) is 2.95. The van der Waals surface area contributed by atoms with Crippen molar-refractivity contribution in [1.29, 1.82) is 0 Å². The first-order valence-corrected chi connectivity index (χ1v) is 9.96. The van der Waals surface area contributed by atoms with Crippen molar-refractivity contribution in [2.24, 2.45) is 0 Å². The fourth-order valence-corrected chi connectivity index (χ4v) is 3.83. The highest BCUT2D eigenvalue weighted by Crippen LogP contribution is 2.30. The molecule has 136 valence electrons. The highest BCUT2D eigenvalue weighted by Gasteiger charge is 2.27. The maximum atomic E-state index is 12.7. The first-order chi connectivity index (χ1) is 11.8. The molecule has 2 aliphatic heterocycles. The zero-order chi connectivity index (χ0) is 18.2. The number of benzene rings is 1. The minimum absolute atomic E-state index is 0.189. The first kappa shape index (κ1) is 17.7. The van der Waals surface area contributed by atoms with Crippen molar-refractivity contribution in [2.45, 2.75) is 19.4 Å². The molecule has 9 heteroatoms. The normalized spacial score (nSPS) is 21.8. The number of ether oxygens (including phenoxy) is 1. The summed E-state index contributed by atoms with van der Waals surface area (Å²) in [5.74, 6) is 0.0875. The smallest absolute Gasteiger partial charge is 0.265 e. The van der Waals surface area contributed by atoms with Crippen LogP contribution in [0.1, 0.15) is 23.7 Å². The van der Waals surface area contributed by atoms with E-state index in [-0.39, 0.29) is 18.4 Å². The highest BCUT2D eigenvalue weighted by atomic mass is 32.2. The number of hydrogen-bond acceptors (Lipinski definition) is 5. The lowest BCUT2D eigenvalue weighted by Gasteiger charge is -2.25. The number of hydrogen-bond donors (Lipinski definition) is 1. The largest absolute Gasteiger partial charge is 0.479 e. The quantitative estimate of drug-likeness (QED) is 0.822. The summed E-state index contributed by atoms with van der Waals surface area (Å²) in [7, 11) is -3.26. The van der Waals surface area contributed by atoms with Gasteiger partial charge in [0.1, 0.15) is 5.75 Å². The minimum Gasteiger partial charge on any atom is -0.479 e. The molecule has 0 aliphatic carbocycles. The second-order valence-electron chi connectivity index (χ2n) is 6.27. The number of rotatable bonds is 2. The summed E-state index contributed by atoms with van der Waals surface area (Å²) in [6.45, 7) is 3.17. The van der Waals surface area contributed by atoms with Crippen LogP contribution in [0.3, 0.4) is 0 Å². The lowest BCUT2D eigenvalue weighted by molar-refractivity contribution is -0.122. The molecule has 1 N–H and O–H groups in total. The summed E-state index contributed by atoms with van der Waals surface area (Å²) >= 11 is 0. The summed E-state index contributed by atoms with van der Waals surface area (Å²) in [6, 6.07) is 4.92. The molecule has 1 aromatic rings. The Morgan fingerprint density at radius 1 is 1.24 bits per heavy atom. The number of sulfonamides is 1. The number of carbonyl (C=O) groups excluding carboxylic acids is 2. The predicted octanol–water partition coefficient (Wildman–Crippen LogP) is 0.513. The number of amides is 2. The number of nitrogens with zero attached hydrogens (tertiary/aromatic N) is 2. The van der Waals surface area contributed by atoms with Crippen LogP contribution in [0.4, 0.5) is 5.69 Å². The molecule has 2 aliphatic rings. The lowest BCUT2D eigenvalue weighted by atomic mass is 10.1. The van der Waals surface area contributed by atoms with Crippen molar-refractivity contribution < 1.29 is 22.7 Å². The van der Waals surface area contributed by atoms with E-state index < -0.39 is 16.1 Å². The second-order valence-corrected chi connectivity index (χ2v) is 8.25. The van der Waals surface area contributed by atoms with Crippen molar-refractivity contribution in [3.8, 4) is 5.75 Å². The topological polar surface area (TPSA) is 96.0 Å². The molecule has 0 radical (unpaired) electrons. The molecule has 1 atom stereocenters. The van der Waals surface area contributed by atoms with Gasteiger partial charge in [-0.05, 0) is 31.5 Å². The molecular formula is C16H21N3O5S. The van der Waals surface area contributed by atoms with Crippen LogP contribution >= 0.6 is 0 Å². The zero-order valence-electron chi connectivity index (χ0n) is 14.2. The third-order valence-corrected chi connectivity index (χ3v) is 5.67. The van der Waals surface area contributed by atoms with Crippen LogP contribution in [-0.4, -0.2) is 68.0 Å². The summed E-state index contributed by atoms with van der Waals surface area (Å²) in [6.07, 6.45) is 1.19. The Hall–Kier alpha value is -2.13. The molecule has 8 nitrogen and oxygen atoms in total. The van der Waals surface area contributed by atoms with Gasteiger partial charge in [-0.1, -0.05) is 0 Å². The van der Waals surface area contributed by atoms with Crippen molar-refractivity contribution >= 4 is 27.5 Å². The third kappa shape index (κ3) is 3.77. The molecular weight excluding hydrogens is 346 g/mol. The molecule has 3 rings (SSSR count). The molecule has 0 spiro atoms.